The minimum Gasteiger partial charge on any atom is -0.496 e. The first kappa shape index (κ1) is 18.7. The molecule has 0 bridgehead atoms. The van der Waals surface area contributed by atoms with E-state index >= 15 is 0 Å². The summed E-state index contributed by atoms with van der Waals surface area (Å²) in [4.78, 5) is 6.91. The number of hydrogen-bond acceptors (Lipinski definition) is 4. The van der Waals surface area contributed by atoms with Crippen LogP contribution in [0.15, 0.2) is 46.1 Å². The SMILES string of the molecule is CN=C(NCc1ccsc1)NCC(c1ccccc1OC)N1CCCC1. The first-order chi connectivity index (χ1) is 12.8. The molecule has 26 heavy (non-hydrogen) atoms. The summed E-state index contributed by atoms with van der Waals surface area (Å²) < 4.78 is 5.62. The average molecular weight is 373 g/mol. The molecule has 0 saturated carbocycles. The van der Waals surface area contributed by atoms with Gasteiger partial charge in [-0.1, -0.05) is 18.2 Å². The third kappa shape index (κ3) is 4.77. The molecule has 140 valence electrons. The molecule has 2 aromatic rings. The zero-order valence-electron chi connectivity index (χ0n) is 15.6. The topological polar surface area (TPSA) is 48.9 Å². The number of rotatable bonds is 7. The molecule has 2 heterocycles. The highest BCUT2D eigenvalue weighted by Gasteiger charge is 2.25. The number of nitrogens with one attached hydrogen (secondary N) is 2. The Bertz CT molecular complexity index is 696. The standard InChI is InChI=1S/C20H28N4OS/c1-21-20(22-13-16-9-12-26-15-16)23-14-18(24-10-5-6-11-24)17-7-3-4-8-19(17)25-2/h3-4,7-9,12,15,18H,5-6,10-11,13-14H2,1-2H3,(H2,21,22,23). The summed E-state index contributed by atoms with van der Waals surface area (Å²) in [5.41, 5.74) is 2.51. The second kappa shape index (κ2) is 9.59. The van der Waals surface area contributed by atoms with Gasteiger partial charge in [0.15, 0.2) is 5.96 Å². The summed E-state index contributed by atoms with van der Waals surface area (Å²) in [6.45, 7) is 3.84. The van der Waals surface area contributed by atoms with Gasteiger partial charge in [-0.05, 0) is 54.4 Å². The molecule has 3 rings (SSSR count). The lowest BCUT2D eigenvalue weighted by atomic mass is 10.0. The molecule has 0 amide bonds. The van der Waals surface area contributed by atoms with Crippen molar-refractivity contribution >= 4 is 17.3 Å². The number of methoxy groups -OCH3 is 1. The molecule has 1 saturated heterocycles. The summed E-state index contributed by atoms with van der Waals surface area (Å²) in [5, 5.41) is 11.1. The van der Waals surface area contributed by atoms with E-state index in [0.29, 0.717) is 0 Å². The third-order valence-electron chi connectivity index (χ3n) is 4.81. The van der Waals surface area contributed by atoms with Crippen LogP contribution in [0.25, 0.3) is 0 Å². The summed E-state index contributed by atoms with van der Waals surface area (Å²) in [6.07, 6.45) is 2.52. The molecule has 1 atom stereocenters. The fraction of sp³-hybridized carbons (Fsp3) is 0.450. The normalized spacial score (nSPS) is 16.5. The molecule has 1 aliphatic heterocycles. The van der Waals surface area contributed by atoms with Crippen molar-refractivity contribution < 1.29 is 4.74 Å². The van der Waals surface area contributed by atoms with E-state index in [-0.39, 0.29) is 6.04 Å². The molecule has 6 heteroatoms. The van der Waals surface area contributed by atoms with Crippen molar-refractivity contribution in [2.24, 2.45) is 4.99 Å². The molecular formula is C20H28N4OS. The van der Waals surface area contributed by atoms with Crippen LogP contribution in [0.1, 0.15) is 30.0 Å². The Labute approximate surface area is 160 Å². The second-order valence-corrected chi connectivity index (χ2v) is 7.22. The van der Waals surface area contributed by atoms with E-state index in [1.54, 1.807) is 18.4 Å². The van der Waals surface area contributed by atoms with E-state index in [1.807, 2.05) is 19.2 Å². The molecule has 5 nitrogen and oxygen atoms in total. The summed E-state index contributed by atoms with van der Waals surface area (Å²) >= 11 is 1.71. The predicted molar refractivity (Wildman–Crippen MR) is 109 cm³/mol. The summed E-state index contributed by atoms with van der Waals surface area (Å²) in [7, 11) is 3.56. The lowest BCUT2D eigenvalue weighted by Gasteiger charge is -2.30. The van der Waals surface area contributed by atoms with Gasteiger partial charge in [0.2, 0.25) is 0 Å². The summed E-state index contributed by atoms with van der Waals surface area (Å²) in [5.74, 6) is 1.78. The van der Waals surface area contributed by atoms with Crippen molar-refractivity contribution in [1.29, 1.82) is 0 Å². The lowest BCUT2D eigenvalue weighted by Crippen LogP contribution is -2.42. The van der Waals surface area contributed by atoms with Crippen molar-refractivity contribution in [1.82, 2.24) is 15.5 Å². The number of benzene rings is 1. The molecule has 2 N–H and O–H groups in total. The van der Waals surface area contributed by atoms with E-state index in [9.17, 15) is 0 Å². The van der Waals surface area contributed by atoms with E-state index in [1.165, 1.54) is 24.0 Å². The number of ether oxygens (including phenoxy) is 1. The number of nitrogens with zero attached hydrogens (tertiary/aromatic N) is 2. The Morgan fingerprint density at radius 1 is 1.23 bits per heavy atom. The Hall–Kier alpha value is -2.05. The van der Waals surface area contributed by atoms with Gasteiger partial charge in [-0.2, -0.15) is 11.3 Å². The first-order valence-corrected chi connectivity index (χ1v) is 10.1. The smallest absolute Gasteiger partial charge is 0.191 e. The molecule has 0 spiro atoms. The largest absolute Gasteiger partial charge is 0.496 e. The Balaban J connectivity index is 1.67. The van der Waals surface area contributed by atoms with E-state index < -0.39 is 0 Å². The maximum absolute atomic E-state index is 5.62. The minimum atomic E-state index is 0.272. The van der Waals surface area contributed by atoms with Gasteiger partial charge < -0.3 is 15.4 Å². The second-order valence-electron chi connectivity index (χ2n) is 6.44. The van der Waals surface area contributed by atoms with Crippen LogP contribution >= 0.6 is 11.3 Å². The van der Waals surface area contributed by atoms with Gasteiger partial charge >= 0.3 is 0 Å². The Kier molecular flexibility index (Phi) is 6.91. The van der Waals surface area contributed by atoms with E-state index in [4.69, 9.17) is 4.74 Å². The van der Waals surface area contributed by atoms with Crippen LogP contribution in [0, 0.1) is 0 Å². The van der Waals surface area contributed by atoms with Crippen molar-refractivity contribution in [3.63, 3.8) is 0 Å². The van der Waals surface area contributed by atoms with E-state index in [2.05, 4.69) is 49.5 Å². The van der Waals surface area contributed by atoms with Crippen molar-refractivity contribution in [2.45, 2.75) is 25.4 Å². The van der Waals surface area contributed by atoms with Crippen LogP contribution in [-0.4, -0.2) is 44.7 Å². The number of likely N-dealkylation sites (tertiary alicyclic amines) is 1. The predicted octanol–water partition coefficient (Wildman–Crippen LogP) is 3.26. The van der Waals surface area contributed by atoms with Gasteiger partial charge in [-0.3, -0.25) is 9.89 Å². The quantitative estimate of drug-likeness (QED) is 0.579. The highest BCUT2D eigenvalue weighted by atomic mass is 32.1. The zero-order valence-corrected chi connectivity index (χ0v) is 16.4. The highest BCUT2D eigenvalue weighted by molar-refractivity contribution is 7.07. The number of para-hydroxylation sites is 1. The van der Waals surface area contributed by atoms with Gasteiger partial charge in [-0.15, -0.1) is 0 Å². The van der Waals surface area contributed by atoms with Crippen LogP contribution in [0.4, 0.5) is 0 Å². The zero-order chi connectivity index (χ0) is 18.2. The third-order valence-corrected chi connectivity index (χ3v) is 5.54. The van der Waals surface area contributed by atoms with E-state index in [0.717, 1.165) is 37.9 Å². The van der Waals surface area contributed by atoms with Crippen LogP contribution in [0.5, 0.6) is 5.75 Å². The maximum atomic E-state index is 5.62. The number of hydrogen-bond donors (Lipinski definition) is 2. The van der Waals surface area contributed by atoms with Crippen LogP contribution in [0.3, 0.4) is 0 Å². The number of thiophene rings is 1. The van der Waals surface area contributed by atoms with Gasteiger partial charge in [0.25, 0.3) is 0 Å². The molecule has 0 radical (unpaired) electrons. The highest BCUT2D eigenvalue weighted by Crippen LogP contribution is 2.31. The fourth-order valence-corrected chi connectivity index (χ4v) is 4.09. The van der Waals surface area contributed by atoms with Crippen molar-refractivity contribution in [2.75, 3.05) is 33.8 Å². The first-order valence-electron chi connectivity index (χ1n) is 9.14. The fourth-order valence-electron chi connectivity index (χ4n) is 3.42. The molecular weight excluding hydrogens is 344 g/mol. The van der Waals surface area contributed by atoms with Gasteiger partial charge in [0.05, 0.1) is 13.2 Å². The number of guanidine groups is 1. The molecule has 1 aliphatic rings. The average Bonchev–Trinajstić information content (AvgIpc) is 3.39. The molecule has 1 fully saturated rings. The van der Waals surface area contributed by atoms with Crippen LogP contribution < -0.4 is 15.4 Å². The molecule has 1 aromatic carbocycles. The summed E-state index contributed by atoms with van der Waals surface area (Å²) in [6, 6.07) is 10.7. The van der Waals surface area contributed by atoms with Crippen molar-refractivity contribution in [3.05, 3.63) is 52.2 Å². The van der Waals surface area contributed by atoms with Gasteiger partial charge in [0.1, 0.15) is 5.75 Å². The molecule has 1 aromatic heterocycles. The van der Waals surface area contributed by atoms with Crippen LogP contribution in [-0.2, 0) is 6.54 Å². The monoisotopic (exact) mass is 372 g/mol. The Morgan fingerprint density at radius 2 is 2.04 bits per heavy atom. The lowest BCUT2D eigenvalue weighted by molar-refractivity contribution is 0.239. The maximum Gasteiger partial charge on any atom is 0.191 e. The van der Waals surface area contributed by atoms with Gasteiger partial charge in [0, 0.05) is 25.7 Å². The Morgan fingerprint density at radius 3 is 2.73 bits per heavy atom. The van der Waals surface area contributed by atoms with Crippen molar-refractivity contribution in [3.8, 4) is 5.75 Å². The van der Waals surface area contributed by atoms with Crippen LogP contribution in [0.2, 0.25) is 0 Å². The molecule has 1 unspecified atom stereocenters. The molecule has 0 aliphatic carbocycles. The number of aliphatic imine (C=N–C) groups is 1. The van der Waals surface area contributed by atoms with Gasteiger partial charge in [-0.25, -0.2) is 0 Å². The minimum absolute atomic E-state index is 0.272.